The van der Waals surface area contributed by atoms with Crippen molar-refractivity contribution in [2.75, 3.05) is 0 Å². The van der Waals surface area contributed by atoms with Crippen molar-refractivity contribution in [2.24, 2.45) is 0 Å². The summed E-state index contributed by atoms with van der Waals surface area (Å²) in [6.07, 6.45) is 0. The van der Waals surface area contributed by atoms with E-state index in [1.807, 2.05) is 12.1 Å². The first-order valence-corrected chi connectivity index (χ1v) is 8.86. The summed E-state index contributed by atoms with van der Waals surface area (Å²) < 4.78 is 4.59. The highest BCUT2D eigenvalue weighted by atomic mass is 15.2. The number of para-hydroxylation sites is 4. The molecular weight excluding hydrogens is 320 g/mol. The quantitative estimate of drug-likeness (QED) is 0.410. The Morgan fingerprint density at radius 2 is 0.962 bits per heavy atom. The normalized spacial score (nSPS) is 13.1. The van der Waals surface area contributed by atoms with Gasteiger partial charge in [-0.05, 0) is 35.4 Å². The fourth-order valence-corrected chi connectivity index (χ4v) is 4.02. The molecule has 0 N–H and O–H groups in total. The fraction of sp³-hybridized carbons (Fsp3) is 0.0909. The topological polar surface area (TPSA) is 35.6 Å². The van der Waals surface area contributed by atoms with E-state index in [9.17, 15) is 0 Å². The molecule has 0 fully saturated rings. The van der Waals surface area contributed by atoms with Crippen molar-refractivity contribution in [1.82, 2.24) is 19.1 Å². The van der Waals surface area contributed by atoms with Gasteiger partial charge in [-0.25, -0.2) is 9.97 Å². The third kappa shape index (κ3) is 1.84. The molecule has 1 aliphatic heterocycles. The molecule has 0 radical (unpaired) electrons. The molecule has 0 atom stereocenters. The van der Waals surface area contributed by atoms with Crippen LogP contribution in [-0.4, -0.2) is 19.1 Å². The number of benzene rings is 3. The zero-order valence-corrected chi connectivity index (χ0v) is 14.1. The Labute approximate surface area is 150 Å². The first-order chi connectivity index (χ1) is 12.9. The zero-order valence-electron chi connectivity index (χ0n) is 14.1. The third-order valence-electron chi connectivity index (χ3n) is 5.28. The first kappa shape index (κ1) is 13.8. The number of rotatable bonds is 0. The zero-order chi connectivity index (χ0) is 17.1. The predicted octanol–water partition coefficient (Wildman–Crippen LogP) is 4.46. The maximum Gasteiger partial charge on any atom is 0.177 e. The van der Waals surface area contributed by atoms with E-state index >= 15 is 0 Å². The molecule has 0 spiro atoms. The molecule has 0 saturated heterocycles. The molecule has 1 aliphatic rings. The Kier molecular flexibility index (Phi) is 2.69. The van der Waals surface area contributed by atoms with Gasteiger partial charge in [0.05, 0.1) is 35.2 Å². The van der Waals surface area contributed by atoms with Gasteiger partial charge in [0.25, 0.3) is 0 Å². The van der Waals surface area contributed by atoms with Gasteiger partial charge in [-0.3, -0.25) is 0 Å². The van der Waals surface area contributed by atoms with E-state index in [0.29, 0.717) is 0 Å². The number of fused-ring (bicyclic) bond motifs is 8. The summed E-state index contributed by atoms with van der Waals surface area (Å²) >= 11 is 0. The molecule has 4 nitrogen and oxygen atoms in total. The summed E-state index contributed by atoms with van der Waals surface area (Å²) in [5.74, 6) is 1.88. The average Bonchev–Trinajstić information content (AvgIpc) is 3.20. The number of imidazole rings is 2. The first-order valence-electron chi connectivity index (χ1n) is 8.86. The molecule has 26 heavy (non-hydrogen) atoms. The molecule has 0 aliphatic carbocycles. The monoisotopic (exact) mass is 336 g/mol. The van der Waals surface area contributed by atoms with Crippen molar-refractivity contribution in [3.05, 3.63) is 83.9 Å². The minimum Gasteiger partial charge on any atom is -0.317 e. The van der Waals surface area contributed by atoms with Crippen molar-refractivity contribution in [2.45, 2.75) is 13.1 Å². The van der Waals surface area contributed by atoms with Gasteiger partial charge < -0.3 is 9.13 Å². The van der Waals surface area contributed by atoms with E-state index in [1.54, 1.807) is 0 Å². The molecule has 3 aromatic carbocycles. The molecule has 5 aromatic rings. The van der Waals surface area contributed by atoms with E-state index in [2.05, 4.69) is 69.8 Å². The van der Waals surface area contributed by atoms with Crippen LogP contribution < -0.4 is 0 Å². The Balaban J connectivity index is 1.78. The largest absolute Gasteiger partial charge is 0.317 e. The van der Waals surface area contributed by atoms with Crippen LogP contribution in [0, 0.1) is 0 Å². The lowest BCUT2D eigenvalue weighted by molar-refractivity contribution is 0.740. The molecule has 0 amide bonds. The van der Waals surface area contributed by atoms with E-state index in [1.165, 1.54) is 11.1 Å². The molecule has 6 rings (SSSR count). The van der Waals surface area contributed by atoms with Crippen LogP contribution in [0.3, 0.4) is 0 Å². The summed E-state index contributed by atoms with van der Waals surface area (Å²) in [6.45, 7) is 1.63. The van der Waals surface area contributed by atoms with Gasteiger partial charge in [0.15, 0.2) is 11.6 Å². The molecule has 124 valence electrons. The van der Waals surface area contributed by atoms with E-state index in [0.717, 1.165) is 46.8 Å². The van der Waals surface area contributed by atoms with Crippen LogP contribution in [0.15, 0.2) is 72.8 Å². The Morgan fingerprint density at radius 3 is 1.46 bits per heavy atom. The van der Waals surface area contributed by atoms with Gasteiger partial charge >= 0.3 is 0 Å². The van der Waals surface area contributed by atoms with E-state index in [-0.39, 0.29) is 0 Å². The van der Waals surface area contributed by atoms with Crippen LogP contribution in [0.2, 0.25) is 0 Å². The lowest BCUT2D eigenvalue weighted by Gasteiger charge is -2.19. The highest BCUT2D eigenvalue weighted by Crippen LogP contribution is 2.32. The van der Waals surface area contributed by atoms with Gasteiger partial charge in [-0.15, -0.1) is 0 Å². The van der Waals surface area contributed by atoms with Crippen LogP contribution in [0.5, 0.6) is 0 Å². The number of aromatic nitrogens is 4. The highest BCUT2D eigenvalue weighted by Gasteiger charge is 2.23. The van der Waals surface area contributed by atoms with Crippen molar-refractivity contribution in [3.8, 4) is 11.6 Å². The molecule has 0 bridgehead atoms. The second kappa shape index (κ2) is 5.05. The van der Waals surface area contributed by atoms with Crippen LogP contribution in [0.4, 0.5) is 0 Å². The Hall–Kier alpha value is -3.40. The second-order valence-electron chi connectivity index (χ2n) is 6.79. The molecule has 4 heteroatoms. The minimum atomic E-state index is 0.815. The van der Waals surface area contributed by atoms with Crippen LogP contribution in [0.1, 0.15) is 11.1 Å². The number of hydrogen-bond donors (Lipinski definition) is 0. The highest BCUT2D eigenvalue weighted by molar-refractivity contribution is 5.84. The number of hydrogen-bond acceptors (Lipinski definition) is 2. The predicted molar refractivity (Wildman–Crippen MR) is 103 cm³/mol. The van der Waals surface area contributed by atoms with Crippen molar-refractivity contribution in [3.63, 3.8) is 0 Å². The van der Waals surface area contributed by atoms with Crippen molar-refractivity contribution >= 4 is 22.1 Å². The Bertz CT molecular complexity index is 1190. The minimum absolute atomic E-state index is 0.815. The summed E-state index contributed by atoms with van der Waals surface area (Å²) in [4.78, 5) is 9.89. The van der Waals surface area contributed by atoms with Gasteiger partial charge in [0.1, 0.15) is 0 Å². The molecule has 0 unspecified atom stereocenters. The Morgan fingerprint density at radius 1 is 0.538 bits per heavy atom. The van der Waals surface area contributed by atoms with Crippen molar-refractivity contribution in [1.29, 1.82) is 0 Å². The lowest BCUT2D eigenvalue weighted by atomic mass is 10.1. The third-order valence-corrected chi connectivity index (χ3v) is 5.28. The summed E-state index contributed by atoms with van der Waals surface area (Å²) in [7, 11) is 0. The van der Waals surface area contributed by atoms with Crippen LogP contribution >= 0.6 is 0 Å². The molecular formula is C22H16N4. The molecule has 2 aromatic heterocycles. The van der Waals surface area contributed by atoms with E-state index < -0.39 is 0 Å². The lowest BCUT2D eigenvalue weighted by Crippen LogP contribution is -2.14. The number of nitrogens with zero attached hydrogens (tertiary/aromatic N) is 4. The van der Waals surface area contributed by atoms with Crippen LogP contribution in [0.25, 0.3) is 33.7 Å². The van der Waals surface area contributed by atoms with E-state index in [4.69, 9.17) is 9.97 Å². The summed E-state index contributed by atoms with van der Waals surface area (Å²) in [5.41, 5.74) is 7.00. The second-order valence-corrected chi connectivity index (χ2v) is 6.79. The van der Waals surface area contributed by atoms with Gasteiger partial charge in [-0.1, -0.05) is 48.5 Å². The molecule has 3 heterocycles. The maximum atomic E-state index is 4.94. The van der Waals surface area contributed by atoms with Crippen LogP contribution in [-0.2, 0) is 13.1 Å². The smallest absolute Gasteiger partial charge is 0.177 e. The summed E-state index contributed by atoms with van der Waals surface area (Å²) in [5, 5.41) is 0. The summed E-state index contributed by atoms with van der Waals surface area (Å²) in [6, 6.07) is 25.3. The van der Waals surface area contributed by atoms with Crippen molar-refractivity contribution < 1.29 is 0 Å². The van der Waals surface area contributed by atoms with Gasteiger partial charge in [-0.2, -0.15) is 0 Å². The molecule has 0 saturated carbocycles. The van der Waals surface area contributed by atoms with Gasteiger partial charge in [0, 0.05) is 0 Å². The maximum absolute atomic E-state index is 4.94. The SMILES string of the molecule is c1ccc2c(c1)Cn1c(nc3ccccc31)-c1nc3ccccc3n1C2. The average molecular weight is 336 g/mol. The fourth-order valence-electron chi connectivity index (χ4n) is 4.02. The standard InChI is InChI=1S/C22H16N4/c1-2-8-16-14-26-20-12-6-4-10-18(20)24-22(26)21-23-17-9-3-5-11-19(17)25(21)13-15(16)7-1/h1-12H,13-14H2. The van der Waals surface area contributed by atoms with Gasteiger partial charge in [0.2, 0.25) is 0 Å².